The number of nitrogens with zero attached hydrogens (tertiary/aromatic N) is 1. The van der Waals surface area contributed by atoms with E-state index in [4.69, 9.17) is 9.47 Å². The Hall–Kier alpha value is -0.160. The molecule has 2 fully saturated rings. The molecule has 1 aliphatic heterocycles. The lowest BCUT2D eigenvalue weighted by atomic mass is 9.85. The summed E-state index contributed by atoms with van der Waals surface area (Å²) in [5.41, 5.74) is 0. The molecule has 1 aliphatic carbocycles. The van der Waals surface area contributed by atoms with E-state index in [9.17, 15) is 5.11 Å². The van der Waals surface area contributed by atoms with E-state index in [1.54, 1.807) is 0 Å². The lowest BCUT2D eigenvalue weighted by molar-refractivity contribution is -0.255. The molecule has 0 aromatic rings. The maximum Gasteiger partial charge on any atom is 0.170 e. The van der Waals surface area contributed by atoms with E-state index in [0.717, 1.165) is 39.1 Å². The summed E-state index contributed by atoms with van der Waals surface area (Å²) in [7, 11) is 0. The Balaban J connectivity index is 1.81. The minimum Gasteiger partial charge on any atom is -0.396 e. The number of hydrogen-bond acceptors (Lipinski definition) is 4. The Bertz CT molecular complexity index is 261. The van der Waals surface area contributed by atoms with Crippen LogP contribution in [-0.2, 0) is 9.47 Å². The van der Waals surface area contributed by atoms with E-state index in [0.29, 0.717) is 18.6 Å². The zero-order valence-corrected chi connectivity index (χ0v) is 13.1. The second-order valence-corrected chi connectivity index (χ2v) is 6.17. The Morgan fingerprint density at radius 3 is 2.00 bits per heavy atom. The number of rotatable bonds is 6. The number of ether oxygens (including phenoxy) is 2. The van der Waals surface area contributed by atoms with Gasteiger partial charge in [0.25, 0.3) is 0 Å². The summed E-state index contributed by atoms with van der Waals surface area (Å²) in [5, 5.41) is 9.23. The van der Waals surface area contributed by atoms with Gasteiger partial charge in [-0.1, -0.05) is 0 Å². The zero-order valence-electron chi connectivity index (χ0n) is 13.1. The first-order valence-corrected chi connectivity index (χ1v) is 8.36. The van der Waals surface area contributed by atoms with Crippen molar-refractivity contribution in [2.75, 3.05) is 32.9 Å². The molecule has 1 heterocycles. The molecule has 1 saturated heterocycles. The maximum absolute atomic E-state index is 9.23. The third-order valence-electron chi connectivity index (χ3n) is 4.97. The number of aliphatic hydroxyl groups is 1. The Morgan fingerprint density at radius 1 is 1.00 bits per heavy atom. The number of piperidine rings is 1. The van der Waals surface area contributed by atoms with Crippen LogP contribution in [0.15, 0.2) is 0 Å². The molecule has 2 rings (SSSR count). The highest BCUT2D eigenvalue weighted by Gasteiger charge is 2.38. The molecule has 0 atom stereocenters. The summed E-state index contributed by atoms with van der Waals surface area (Å²) in [6.07, 6.45) is 6.80. The van der Waals surface area contributed by atoms with Crippen LogP contribution in [0, 0.1) is 5.92 Å². The first-order valence-electron chi connectivity index (χ1n) is 8.36. The quantitative estimate of drug-likeness (QED) is 0.761. The van der Waals surface area contributed by atoms with Gasteiger partial charge >= 0.3 is 0 Å². The first-order chi connectivity index (χ1) is 9.73. The monoisotopic (exact) mass is 285 g/mol. The Kier molecular flexibility index (Phi) is 6.27. The SMILES string of the molecule is CCOC1(OCC)CCN([C@H]2CC[C@@H](CO)CC2)CC1. The van der Waals surface area contributed by atoms with Gasteiger partial charge in [0.05, 0.1) is 0 Å². The molecule has 0 spiro atoms. The largest absolute Gasteiger partial charge is 0.396 e. The highest BCUT2D eigenvalue weighted by molar-refractivity contribution is 4.86. The van der Waals surface area contributed by atoms with Gasteiger partial charge in [0.15, 0.2) is 5.79 Å². The minimum absolute atomic E-state index is 0.331. The third-order valence-corrected chi connectivity index (χ3v) is 4.97. The van der Waals surface area contributed by atoms with Crippen LogP contribution in [0.3, 0.4) is 0 Å². The van der Waals surface area contributed by atoms with Gasteiger partial charge < -0.3 is 14.6 Å². The molecule has 0 aromatic heterocycles. The molecular weight excluding hydrogens is 254 g/mol. The standard InChI is InChI=1S/C16H31NO3/c1-3-19-16(20-4-2)9-11-17(12-10-16)15-7-5-14(13-18)6-8-15/h14-15,18H,3-13H2,1-2H3/t14-,15+. The second-order valence-electron chi connectivity index (χ2n) is 6.17. The molecule has 0 unspecified atom stereocenters. The summed E-state index contributed by atoms with van der Waals surface area (Å²) < 4.78 is 11.8. The van der Waals surface area contributed by atoms with Gasteiger partial charge in [-0.25, -0.2) is 0 Å². The molecule has 20 heavy (non-hydrogen) atoms. The summed E-state index contributed by atoms with van der Waals surface area (Å²) in [6, 6.07) is 0.707. The van der Waals surface area contributed by atoms with E-state index in [1.165, 1.54) is 25.7 Å². The topological polar surface area (TPSA) is 41.9 Å². The molecule has 0 bridgehead atoms. The van der Waals surface area contributed by atoms with Crippen LogP contribution in [0.1, 0.15) is 52.4 Å². The lowest BCUT2D eigenvalue weighted by Crippen LogP contribution is -2.51. The third kappa shape index (κ3) is 3.94. The highest BCUT2D eigenvalue weighted by Crippen LogP contribution is 2.33. The van der Waals surface area contributed by atoms with Crippen LogP contribution in [-0.4, -0.2) is 54.7 Å². The van der Waals surface area contributed by atoms with Gasteiger partial charge in [-0.05, 0) is 45.4 Å². The normalized spacial score (nSPS) is 31.4. The Labute approximate surface area is 123 Å². The van der Waals surface area contributed by atoms with Crippen LogP contribution >= 0.6 is 0 Å². The van der Waals surface area contributed by atoms with Crippen molar-refractivity contribution in [2.45, 2.75) is 64.2 Å². The van der Waals surface area contributed by atoms with Crippen molar-refractivity contribution in [1.29, 1.82) is 0 Å². The van der Waals surface area contributed by atoms with E-state index in [1.807, 2.05) is 13.8 Å². The van der Waals surface area contributed by atoms with Crippen LogP contribution in [0.25, 0.3) is 0 Å². The van der Waals surface area contributed by atoms with Crippen molar-refractivity contribution in [3.8, 4) is 0 Å². The van der Waals surface area contributed by atoms with E-state index in [-0.39, 0.29) is 5.79 Å². The lowest BCUT2D eigenvalue weighted by Gasteiger charge is -2.45. The Morgan fingerprint density at radius 2 is 1.55 bits per heavy atom. The van der Waals surface area contributed by atoms with Crippen molar-refractivity contribution in [1.82, 2.24) is 4.90 Å². The molecule has 1 N–H and O–H groups in total. The second kappa shape index (κ2) is 7.74. The van der Waals surface area contributed by atoms with Crippen molar-refractivity contribution >= 4 is 0 Å². The highest BCUT2D eigenvalue weighted by atomic mass is 16.7. The van der Waals surface area contributed by atoms with Gasteiger partial charge in [-0.3, -0.25) is 4.90 Å². The van der Waals surface area contributed by atoms with Crippen LogP contribution in [0.2, 0.25) is 0 Å². The fourth-order valence-electron chi connectivity index (χ4n) is 3.78. The molecule has 1 saturated carbocycles. The average Bonchev–Trinajstić information content (AvgIpc) is 2.49. The van der Waals surface area contributed by atoms with Crippen LogP contribution < -0.4 is 0 Å². The van der Waals surface area contributed by atoms with Crippen molar-refractivity contribution in [3.63, 3.8) is 0 Å². The van der Waals surface area contributed by atoms with Gasteiger partial charge in [-0.2, -0.15) is 0 Å². The molecule has 118 valence electrons. The molecule has 0 aromatic carbocycles. The minimum atomic E-state index is -0.331. The molecule has 0 radical (unpaired) electrons. The molecular formula is C16H31NO3. The van der Waals surface area contributed by atoms with Crippen molar-refractivity contribution < 1.29 is 14.6 Å². The van der Waals surface area contributed by atoms with E-state index in [2.05, 4.69) is 4.90 Å². The smallest absolute Gasteiger partial charge is 0.170 e. The molecule has 2 aliphatic rings. The zero-order chi connectivity index (χ0) is 14.4. The molecule has 4 nitrogen and oxygen atoms in total. The number of likely N-dealkylation sites (tertiary alicyclic amines) is 1. The van der Waals surface area contributed by atoms with E-state index < -0.39 is 0 Å². The van der Waals surface area contributed by atoms with Crippen molar-refractivity contribution in [2.24, 2.45) is 5.92 Å². The van der Waals surface area contributed by atoms with Crippen LogP contribution in [0.5, 0.6) is 0 Å². The van der Waals surface area contributed by atoms with Crippen molar-refractivity contribution in [3.05, 3.63) is 0 Å². The van der Waals surface area contributed by atoms with Gasteiger partial charge in [0, 0.05) is 51.8 Å². The van der Waals surface area contributed by atoms with Gasteiger partial charge in [-0.15, -0.1) is 0 Å². The fourth-order valence-corrected chi connectivity index (χ4v) is 3.78. The summed E-state index contributed by atoms with van der Waals surface area (Å²) in [4.78, 5) is 2.61. The number of aliphatic hydroxyl groups excluding tert-OH is 1. The number of hydrogen-bond donors (Lipinski definition) is 1. The first kappa shape index (κ1) is 16.2. The average molecular weight is 285 g/mol. The predicted octanol–water partition coefficient (Wildman–Crippen LogP) is 2.40. The summed E-state index contributed by atoms with van der Waals surface area (Å²) in [5.74, 6) is 0.212. The van der Waals surface area contributed by atoms with Crippen LogP contribution in [0.4, 0.5) is 0 Å². The van der Waals surface area contributed by atoms with Gasteiger partial charge in [0.2, 0.25) is 0 Å². The summed E-state index contributed by atoms with van der Waals surface area (Å²) >= 11 is 0. The molecule has 4 heteroatoms. The molecule has 0 amide bonds. The maximum atomic E-state index is 9.23. The predicted molar refractivity (Wildman–Crippen MR) is 79.6 cm³/mol. The summed E-state index contributed by atoms with van der Waals surface area (Å²) in [6.45, 7) is 8.06. The van der Waals surface area contributed by atoms with E-state index >= 15 is 0 Å². The van der Waals surface area contributed by atoms with Gasteiger partial charge in [0.1, 0.15) is 0 Å². The fraction of sp³-hybridized carbons (Fsp3) is 1.00.